The van der Waals surface area contributed by atoms with Gasteiger partial charge in [0.1, 0.15) is 5.56 Å². The van der Waals surface area contributed by atoms with Crippen LogP contribution in [0.2, 0.25) is 0 Å². The molecule has 0 radical (unpaired) electrons. The average Bonchev–Trinajstić information content (AvgIpc) is 2.98. The van der Waals surface area contributed by atoms with Gasteiger partial charge in [0.15, 0.2) is 0 Å². The Kier molecular flexibility index (Phi) is 3.91. The average molecular weight is 275 g/mol. The molecule has 0 amide bonds. The lowest BCUT2D eigenvalue weighted by molar-refractivity contribution is 1.42. The van der Waals surface area contributed by atoms with Gasteiger partial charge in [-0.05, 0) is 23.0 Å². The molecule has 0 atom stereocenters. The Morgan fingerprint density at radius 1 is 0.950 bits per heavy atom. The minimum absolute atomic E-state index is 0.986. The third kappa shape index (κ3) is 2.96. The fourth-order valence-corrected chi connectivity index (χ4v) is 2.81. The number of benzene rings is 2. The zero-order chi connectivity index (χ0) is 13.6. The highest BCUT2D eigenvalue weighted by Gasteiger charge is 2.13. The fraction of sp³-hybridized carbons (Fsp3) is 0. The predicted octanol–water partition coefficient (Wildman–Crippen LogP) is 5.09. The molecule has 0 unspecified atom stereocenters. The minimum atomic E-state index is 0.986. The lowest BCUT2D eigenvalue weighted by atomic mass is 10.1. The monoisotopic (exact) mass is 275 g/mol. The summed E-state index contributed by atoms with van der Waals surface area (Å²) in [6.07, 6.45) is 3.95. The molecule has 0 aromatic heterocycles. The molecule has 0 aliphatic carbocycles. The first-order valence-corrected chi connectivity index (χ1v) is 7.28. The summed E-state index contributed by atoms with van der Waals surface area (Å²) < 4.78 is 0. The quantitative estimate of drug-likeness (QED) is 0.656. The summed E-state index contributed by atoms with van der Waals surface area (Å²) in [5.41, 5.74) is 3.34. The van der Waals surface area contributed by atoms with Gasteiger partial charge in [0.05, 0.1) is 0 Å². The normalized spacial score (nSPS) is 15.2. The molecule has 96 valence electrons. The number of nitrogens with zero attached hydrogens (tertiary/aromatic N) is 1. The van der Waals surface area contributed by atoms with Crippen LogP contribution in [0.1, 0.15) is 11.1 Å². The predicted molar refractivity (Wildman–Crippen MR) is 86.4 cm³/mol. The van der Waals surface area contributed by atoms with Gasteiger partial charge in [-0.1, -0.05) is 46.7 Å². The third-order valence-electron chi connectivity index (χ3n) is 2.90. The van der Waals surface area contributed by atoms with Crippen LogP contribution in [-0.2, 0) is 0 Å². The second-order valence-corrected chi connectivity index (χ2v) is 5.22. The zero-order valence-corrected chi connectivity index (χ0v) is 11.7. The molecule has 1 aliphatic heterocycles. The molecule has 0 fully saturated rings. The van der Waals surface area contributed by atoms with Crippen LogP contribution < -0.4 is 0 Å². The Morgan fingerprint density at radius 2 is 1.65 bits per heavy atom. The van der Waals surface area contributed by atoms with Crippen molar-refractivity contribution in [3.63, 3.8) is 0 Å². The van der Waals surface area contributed by atoms with Crippen molar-refractivity contribution in [3.05, 3.63) is 105 Å². The molecule has 2 aromatic carbocycles. The Morgan fingerprint density at radius 3 is 2.40 bits per heavy atom. The highest BCUT2D eigenvalue weighted by atomic mass is 32.2. The topological polar surface area (TPSA) is 4.36 Å². The highest BCUT2D eigenvalue weighted by Crippen LogP contribution is 2.41. The van der Waals surface area contributed by atoms with Crippen LogP contribution in [0.3, 0.4) is 0 Å². The van der Waals surface area contributed by atoms with Gasteiger partial charge < -0.3 is 0 Å². The van der Waals surface area contributed by atoms with E-state index in [1.165, 1.54) is 10.8 Å². The molecule has 2 heteroatoms. The minimum Gasteiger partial charge on any atom is -0.148 e. The summed E-state index contributed by atoms with van der Waals surface area (Å²) in [6, 6.07) is 23.3. The molecule has 0 saturated carbocycles. The largest absolute Gasteiger partial charge is 0.309 e. The first kappa shape index (κ1) is 12.7. The van der Waals surface area contributed by atoms with E-state index in [0.717, 1.165) is 11.1 Å². The maximum atomic E-state index is 4.30. The van der Waals surface area contributed by atoms with Crippen LogP contribution in [0, 0.1) is 11.3 Å². The van der Waals surface area contributed by atoms with Crippen LogP contribution >= 0.6 is 11.8 Å². The van der Waals surface area contributed by atoms with Gasteiger partial charge in [-0.25, -0.2) is 0 Å². The summed E-state index contributed by atoms with van der Waals surface area (Å²) in [5, 5.41) is 3.33. The number of hydrogen-bond donors (Lipinski definition) is 0. The molecule has 0 N–H and O–H groups in total. The van der Waals surface area contributed by atoms with Crippen LogP contribution in [-0.4, -0.2) is 0 Å². The molecule has 20 heavy (non-hydrogen) atoms. The molecule has 0 bridgehead atoms. The summed E-state index contributed by atoms with van der Waals surface area (Å²) in [5.74, 6) is 0. The van der Waals surface area contributed by atoms with Crippen molar-refractivity contribution in [2.45, 2.75) is 0 Å². The highest BCUT2D eigenvalue weighted by molar-refractivity contribution is 8.05. The maximum Gasteiger partial charge on any atom is 0.309 e. The Labute approximate surface area is 123 Å². The maximum absolute atomic E-state index is 4.30. The first-order chi connectivity index (χ1) is 9.93. The molecule has 1 nitrogen and oxygen atoms in total. The van der Waals surface area contributed by atoms with Crippen LogP contribution in [0.25, 0.3) is 4.85 Å². The van der Waals surface area contributed by atoms with Gasteiger partial charge in [0.2, 0.25) is 0 Å². The van der Waals surface area contributed by atoms with E-state index in [1.54, 1.807) is 11.8 Å². The first-order valence-electron chi connectivity index (χ1n) is 6.40. The van der Waals surface area contributed by atoms with Crippen molar-refractivity contribution < 1.29 is 0 Å². The van der Waals surface area contributed by atoms with E-state index in [1.807, 2.05) is 42.6 Å². The van der Waals surface area contributed by atoms with Gasteiger partial charge >= 0.3 is 6.07 Å². The van der Waals surface area contributed by atoms with E-state index in [9.17, 15) is 0 Å². The Bertz CT molecular complexity index is 690. The van der Waals surface area contributed by atoms with Crippen molar-refractivity contribution in [2.24, 2.45) is 0 Å². The lowest BCUT2D eigenvalue weighted by Gasteiger charge is -2.15. The van der Waals surface area contributed by atoms with Gasteiger partial charge in [-0.2, -0.15) is 0 Å². The Hall–Kier alpha value is -2.37. The van der Waals surface area contributed by atoms with Crippen LogP contribution in [0.4, 0.5) is 0 Å². The van der Waals surface area contributed by atoms with E-state index in [-0.39, 0.29) is 0 Å². The van der Waals surface area contributed by atoms with Crippen molar-refractivity contribution in [1.82, 2.24) is 0 Å². The fourth-order valence-electron chi connectivity index (χ4n) is 1.93. The smallest absolute Gasteiger partial charge is 0.148 e. The van der Waals surface area contributed by atoms with E-state index >= 15 is 0 Å². The van der Waals surface area contributed by atoms with Crippen molar-refractivity contribution in [2.75, 3.05) is 0 Å². The van der Waals surface area contributed by atoms with E-state index in [4.69, 9.17) is 0 Å². The molecule has 0 spiro atoms. The molecular weight excluding hydrogens is 262 g/mol. The standard InChI is InChI=1S/C18H13NS/c1-3-7-15(8-4-1)13-19-14-17-11-12-20-18(17)16-9-5-2-6-10-16/h1-12,14H. The zero-order valence-electron chi connectivity index (χ0n) is 10.9. The lowest BCUT2D eigenvalue weighted by Crippen LogP contribution is -1.92. The number of rotatable bonds is 1. The van der Waals surface area contributed by atoms with E-state index in [2.05, 4.69) is 46.7 Å². The SMILES string of the molecule is C(#[N+]C=C1C=CS[C-]1c1ccccc1)c1ccccc1. The van der Waals surface area contributed by atoms with Crippen LogP contribution in [0.15, 0.2) is 83.9 Å². The molecule has 0 saturated heterocycles. The third-order valence-corrected chi connectivity index (χ3v) is 3.88. The summed E-state index contributed by atoms with van der Waals surface area (Å²) in [6.45, 7) is 0. The molecular formula is C18H13NS. The molecule has 1 aliphatic rings. The van der Waals surface area contributed by atoms with Gasteiger partial charge in [0, 0.05) is 0 Å². The Balaban J connectivity index is 1.81. The van der Waals surface area contributed by atoms with Crippen molar-refractivity contribution >= 4 is 11.8 Å². The molecule has 3 rings (SSSR count). The summed E-state index contributed by atoms with van der Waals surface area (Å²) >= 11 is 1.73. The molecule has 1 heterocycles. The van der Waals surface area contributed by atoms with Gasteiger partial charge in [-0.3, -0.25) is 0 Å². The summed E-state index contributed by atoms with van der Waals surface area (Å²) in [4.78, 5) is 4.30. The van der Waals surface area contributed by atoms with Crippen LogP contribution in [0.5, 0.6) is 0 Å². The number of hydrogen-bond acceptors (Lipinski definition) is 1. The van der Waals surface area contributed by atoms with E-state index in [0.29, 0.717) is 0 Å². The van der Waals surface area contributed by atoms with Gasteiger partial charge in [0.25, 0.3) is 6.20 Å². The number of allylic oxidation sites excluding steroid dienone is 1. The summed E-state index contributed by atoms with van der Waals surface area (Å²) in [7, 11) is 0. The van der Waals surface area contributed by atoms with Crippen molar-refractivity contribution in [3.8, 4) is 6.07 Å². The molecule has 2 aromatic rings. The van der Waals surface area contributed by atoms with Crippen molar-refractivity contribution in [1.29, 1.82) is 0 Å². The van der Waals surface area contributed by atoms with E-state index < -0.39 is 0 Å². The van der Waals surface area contributed by atoms with Gasteiger partial charge in [-0.15, -0.1) is 35.5 Å². The second-order valence-electron chi connectivity index (χ2n) is 4.31. The number of thioether (sulfide) groups is 1. The second kappa shape index (κ2) is 6.18.